The van der Waals surface area contributed by atoms with Crippen LogP contribution in [0.25, 0.3) is 11.4 Å². The maximum Gasteiger partial charge on any atom is 0.270 e. The third-order valence-corrected chi connectivity index (χ3v) is 4.98. The van der Waals surface area contributed by atoms with Gasteiger partial charge in [-0.25, -0.2) is 0 Å². The first-order valence-corrected chi connectivity index (χ1v) is 8.93. The van der Waals surface area contributed by atoms with Gasteiger partial charge in [-0.2, -0.15) is 0 Å². The standard InChI is InChI=1S/C19H22N6O/c1-23-10-4-6-18(23)19(26)24-11-7-15(8-12-24)13-25-14-17(21-22-25)16-5-2-3-9-20-16/h2-6,9-10,14-15H,7-8,11-13H2,1H3. The van der Waals surface area contributed by atoms with E-state index in [-0.39, 0.29) is 5.91 Å². The predicted octanol–water partition coefficient (Wildman–Crippen LogP) is 2.23. The van der Waals surface area contributed by atoms with E-state index >= 15 is 0 Å². The van der Waals surface area contributed by atoms with Gasteiger partial charge in [0.25, 0.3) is 5.91 Å². The maximum atomic E-state index is 12.6. The molecule has 0 atom stereocenters. The number of carbonyl (C=O) groups excluding carboxylic acids is 1. The first-order chi connectivity index (χ1) is 12.7. The molecule has 26 heavy (non-hydrogen) atoms. The molecule has 0 N–H and O–H groups in total. The lowest BCUT2D eigenvalue weighted by Crippen LogP contribution is -2.40. The number of carbonyl (C=O) groups is 1. The molecule has 4 rings (SSSR count). The summed E-state index contributed by atoms with van der Waals surface area (Å²) in [6, 6.07) is 9.55. The van der Waals surface area contributed by atoms with Gasteiger partial charge in [0.2, 0.25) is 0 Å². The van der Waals surface area contributed by atoms with E-state index in [1.54, 1.807) is 6.20 Å². The van der Waals surface area contributed by atoms with Crippen LogP contribution in [0.2, 0.25) is 0 Å². The third-order valence-electron chi connectivity index (χ3n) is 4.98. The number of hydrogen-bond acceptors (Lipinski definition) is 4. The van der Waals surface area contributed by atoms with Gasteiger partial charge in [-0.3, -0.25) is 14.5 Å². The Morgan fingerprint density at radius 2 is 2.00 bits per heavy atom. The highest BCUT2D eigenvalue weighted by atomic mass is 16.2. The van der Waals surface area contributed by atoms with E-state index in [1.165, 1.54) is 0 Å². The quantitative estimate of drug-likeness (QED) is 0.724. The number of rotatable bonds is 4. The summed E-state index contributed by atoms with van der Waals surface area (Å²) >= 11 is 0. The van der Waals surface area contributed by atoms with Gasteiger partial charge in [0.1, 0.15) is 11.4 Å². The summed E-state index contributed by atoms with van der Waals surface area (Å²) in [6.45, 7) is 2.40. The van der Waals surface area contributed by atoms with Crippen molar-refractivity contribution in [2.75, 3.05) is 13.1 Å². The summed E-state index contributed by atoms with van der Waals surface area (Å²) in [5.74, 6) is 0.625. The van der Waals surface area contributed by atoms with Crippen molar-refractivity contribution in [3.8, 4) is 11.4 Å². The normalized spacial score (nSPS) is 15.3. The SMILES string of the molecule is Cn1cccc1C(=O)N1CCC(Cn2cc(-c3ccccn3)nn2)CC1. The minimum atomic E-state index is 0.120. The van der Waals surface area contributed by atoms with Crippen LogP contribution in [0.3, 0.4) is 0 Å². The van der Waals surface area contributed by atoms with Gasteiger partial charge in [0.15, 0.2) is 0 Å². The van der Waals surface area contributed by atoms with Crippen molar-refractivity contribution in [2.24, 2.45) is 13.0 Å². The van der Waals surface area contributed by atoms with Gasteiger partial charge in [-0.1, -0.05) is 11.3 Å². The Kier molecular flexibility index (Phi) is 4.51. The van der Waals surface area contributed by atoms with E-state index in [4.69, 9.17) is 0 Å². The molecule has 0 aromatic carbocycles. The van der Waals surface area contributed by atoms with E-state index in [0.29, 0.717) is 5.92 Å². The Morgan fingerprint density at radius 1 is 1.15 bits per heavy atom. The summed E-state index contributed by atoms with van der Waals surface area (Å²) in [6.07, 6.45) is 7.57. The van der Waals surface area contributed by atoms with E-state index in [1.807, 2.05) is 63.9 Å². The molecule has 7 heteroatoms. The largest absolute Gasteiger partial charge is 0.347 e. The zero-order chi connectivity index (χ0) is 17.9. The van der Waals surface area contributed by atoms with Gasteiger partial charge < -0.3 is 9.47 Å². The summed E-state index contributed by atoms with van der Waals surface area (Å²) in [4.78, 5) is 18.8. The van der Waals surface area contributed by atoms with Gasteiger partial charge in [0.05, 0.1) is 11.9 Å². The molecule has 3 aromatic heterocycles. The first kappa shape index (κ1) is 16.5. The second kappa shape index (κ2) is 7.11. The molecule has 0 spiro atoms. The molecule has 134 valence electrons. The molecule has 0 saturated carbocycles. The van der Waals surface area contributed by atoms with Gasteiger partial charge in [0, 0.05) is 39.1 Å². The number of nitrogens with zero attached hydrogens (tertiary/aromatic N) is 6. The van der Waals surface area contributed by atoms with Crippen LogP contribution in [-0.2, 0) is 13.6 Å². The molecule has 1 aliphatic rings. The van der Waals surface area contributed by atoms with Crippen molar-refractivity contribution in [2.45, 2.75) is 19.4 Å². The van der Waals surface area contributed by atoms with Crippen LogP contribution in [0.5, 0.6) is 0 Å². The molecule has 4 heterocycles. The average Bonchev–Trinajstić information content (AvgIpc) is 3.32. The van der Waals surface area contributed by atoms with Gasteiger partial charge >= 0.3 is 0 Å². The van der Waals surface area contributed by atoms with Crippen molar-refractivity contribution in [1.82, 2.24) is 29.4 Å². The second-order valence-corrected chi connectivity index (χ2v) is 6.78. The molecule has 0 aliphatic carbocycles. The number of hydrogen-bond donors (Lipinski definition) is 0. The van der Waals surface area contributed by atoms with E-state index < -0.39 is 0 Å². The van der Waals surface area contributed by atoms with Crippen molar-refractivity contribution in [1.29, 1.82) is 0 Å². The van der Waals surface area contributed by atoms with Crippen LogP contribution in [0, 0.1) is 5.92 Å². The Balaban J connectivity index is 1.34. The fraction of sp³-hybridized carbons (Fsp3) is 0.368. The van der Waals surface area contributed by atoms with Crippen LogP contribution < -0.4 is 0 Å². The lowest BCUT2D eigenvalue weighted by molar-refractivity contribution is 0.0671. The topological polar surface area (TPSA) is 68.8 Å². The molecule has 1 amide bonds. The van der Waals surface area contributed by atoms with Crippen molar-refractivity contribution < 1.29 is 4.79 Å². The monoisotopic (exact) mass is 350 g/mol. The highest BCUT2D eigenvalue weighted by molar-refractivity contribution is 5.92. The van der Waals surface area contributed by atoms with Crippen LogP contribution in [0.1, 0.15) is 23.3 Å². The molecule has 1 saturated heterocycles. The van der Waals surface area contributed by atoms with Crippen molar-refractivity contribution in [3.05, 3.63) is 54.6 Å². The summed E-state index contributed by atoms with van der Waals surface area (Å²) in [5.41, 5.74) is 2.38. The second-order valence-electron chi connectivity index (χ2n) is 6.78. The smallest absolute Gasteiger partial charge is 0.270 e. The average molecular weight is 350 g/mol. The predicted molar refractivity (Wildman–Crippen MR) is 97.3 cm³/mol. The molecule has 3 aromatic rings. The molecule has 1 fully saturated rings. The van der Waals surface area contributed by atoms with Crippen molar-refractivity contribution >= 4 is 5.91 Å². The zero-order valence-corrected chi connectivity index (χ0v) is 14.8. The van der Waals surface area contributed by atoms with Crippen LogP contribution in [0.15, 0.2) is 48.9 Å². The molecular weight excluding hydrogens is 328 g/mol. The van der Waals surface area contributed by atoms with Crippen molar-refractivity contribution in [3.63, 3.8) is 0 Å². The molecule has 0 bridgehead atoms. The summed E-state index contributed by atoms with van der Waals surface area (Å²) in [7, 11) is 1.91. The Hall–Kier alpha value is -2.96. The summed E-state index contributed by atoms with van der Waals surface area (Å²) < 4.78 is 3.77. The number of aryl methyl sites for hydroxylation is 1. The Bertz CT molecular complexity index is 876. The zero-order valence-electron chi connectivity index (χ0n) is 14.8. The lowest BCUT2D eigenvalue weighted by Gasteiger charge is -2.32. The van der Waals surface area contributed by atoms with E-state index in [9.17, 15) is 4.79 Å². The Labute approximate surface area is 152 Å². The molecule has 1 aliphatic heterocycles. The first-order valence-electron chi connectivity index (χ1n) is 8.93. The highest BCUT2D eigenvalue weighted by Crippen LogP contribution is 2.21. The molecule has 0 unspecified atom stereocenters. The number of aromatic nitrogens is 5. The highest BCUT2D eigenvalue weighted by Gasteiger charge is 2.25. The number of amides is 1. The lowest BCUT2D eigenvalue weighted by atomic mass is 9.96. The van der Waals surface area contributed by atoms with Gasteiger partial charge in [-0.05, 0) is 43.0 Å². The van der Waals surface area contributed by atoms with Crippen LogP contribution >= 0.6 is 0 Å². The number of pyridine rings is 1. The maximum absolute atomic E-state index is 12.6. The molecular formula is C19H22N6O. The third kappa shape index (κ3) is 3.37. The van der Waals surface area contributed by atoms with E-state index in [0.717, 1.165) is 49.6 Å². The minimum absolute atomic E-state index is 0.120. The number of piperidine rings is 1. The fourth-order valence-corrected chi connectivity index (χ4v) is 3.45. The minimum Gasteiger partial charge on any atom is -0.347 e. The van der Waals surface area contributed by atoms with E-state index in [2.05, 4.69) is 15.3 Å². The fourth-order valence-electron chi connectivity index (χ4n) is 3.45. The molecule has 7 nitrogen and oxygen atoms in total. The summed E-state index contributed by atoms with van der Waals surface area (Å²) in [5, 5.41) is 8.46. The van der Waals surface area contributed by atoms with Gasteiger partial charge in [-0.15, -0.1) is 5.10 Å². The number of likely N-dealkylation sites (tertiary alicyclic amines) is 1. The van der Waals surface area contributed by atoms with Crippen LogP contribution in [-0.4, -0.2) is 48.4 Å². The molecule has 0 radical (unpaired) electrons. The van der Waals surface area contributed by atoms with Crippen LogP contribution in [0.4, 0.5) is 0 Å². The Morgan fingerprint density at radius 3 is 2.69 bits per heavy atom.